The molecule has 9 heteroatoms. The Labute approximate surface area is 186 Å². The Kier molecular flexibility index (Phi) is 4.92. The van der Waals surface area contributed by atoms with Gasteiger partial charge in [0.1, 0.15) is 29.5 Å². The van der Waals surface area contributed by atoms with Gasteiger partial charge in [-0.25, -0.2) is 14.6 Å². The highest BCUT2D eigenvalue weighted by molar-refractivity contribution is 9.10. The van der Waals surface area contributed by atoms with Gasteiger partial charge in [-0.2, -0.15) is 5.10 Å². The Bertz CT molecular complexity index is 1220. The number of nitrogens with zero attached hydrogens (tertiary/aromatic N) is 4. The number of anilines is 2. The van der Waals surface area contributed by atoms with Gasteiger partial charge in [0.15, 0.2) is 10.9 Å². The van der Waals surface area contributed by atoms with E-state index < -0.39 is 0 Å². The number of nitrogens with one attached hydrogen (secondary N) is 2. The second-order valence-electron chi connectivity index (χ2n) is 6.69. The second kappa shape index (κ2) is 7.73. The van der Waals surface area contributed by atoms with Crippen molar-refractivity contribution >= 4 is 38.2 Å². The highest BCUT2D eigenvalue weighted by Crippen LogP contribution is 2.48. The van der Waals surface area contributed by atoms with Gasteiger partial charge >= 0.3 is 0 Å². The van der Waals surface area contributed by atoms with Crippen LogP contribution < -0.4 is 15.4 Å². The number of fused-ring (bicyclic) bond motifs is 3. The van der Waals surface area contributed by atoms with Crippen LogP contribution in [0.1, 0.15) is 12.6 Å². The van der Waals surface area contributed by atoms with Crippen molar-refractivity contribution in [2.24, 2.45) is 0 Å². The standard InChI is InChI=1S/C21H19BrN6OS/c1-3-24-16-9-8-12(10-25-16)17-19-18(20-14(11-29-19)26-21(23-2)30-20)28(27-17)15-7-5-4-6-13(15)22/h4-10H,3,11H2,1-2H3,(H,23,26)(H,24,25). The van der Waals surface area contributed by atoms with Gasteiger partial charge in [0.25, 0.3) is 0 Å². The third-order valence-corrected chi connectivity index (χ3v) is 6.59. The van der Waals surface area contributed by atoms with Gasteiger partial charge in [0, 0.05) is 29.8 Å². The molecular weight excluding hydrogens is 464 g/mol. The van der Waals surface area contributed by atoms with E-state index in [0.29, 0.717) is 6.61 Å². The molecular formula is C21H19BrN6OS. The van der Waals surface area contributed by atoms with Crippen LogP contribution in [0, 0.1) is 0 Å². The molecule has 7 nitrogen and oxygen atoms in total. The molecule has 0 unspecified atom stereocenters. The summed E-state index contributed by atoms with van der Waals surface area (Å²) in [5.74, 6) is 1.59. The van der Waals surface area contributed by atoms with Crippen molar-refractivity contribution in [1.29, 1.82) is 0 Å². The van der Waals surface area contributed by atoms with Gasteiger partial charge in [0.05, 0.1) is 10.6 Å². The lowest BCUT2D eigenvalue weighted by molar-refractivity contribution is 0.299. The molecule has 0 saturated carbocycles. The van der Waals surface area contributed by atoms with Crippen molar-refractivity contribution in [3.8, 4) is 33.3 Å². The van der Waals surface area contributed by atoms with Crippen LogP contribution in [0.2, 0.25) is 0 Å². The van der Waals surface area contributed by atoms with Crippen LogP contribution in [-0.4, -0.2) is 33.3 Å². The Hall–Kier alpha value is -2.91. The summed E-state index contributed by atoms with van der Waals surface area (Å²) in [6.45, 7) is 3.28. The molecule has 3 aromatic heterocycles. The molecule has 5 rings (SSSR count). The predicted octanol–water partition coefficient (Wildman–Crippen LogP) is 5.19. The summed E-state index contributed by atoms with van der Waals surface area (Å²) in [5.41, 5.74) is 4.43. The highest BCUT2D eigenvalue weighted by Gasteiger charge is 2.31. The van der Waals surface area contributed by atoms with Crippen LogP contribution in [0.25, 0.3) is 27.5 Å². The van der Waals surface area contributed by atoms with Gasteiger partial charge in [-0.05, 0) is 47.1 Å². The molecule has 0 saturated heterocycles. The number of benzene rings is 1. The summed E-state index contributed by atoms with van der Waals surface area (Å²) in [7, 11) is 1.88. The molecule has 1 aromatic carbocycles. The largest absolute Gasteiger partial charge is 0.483 e. The maximum atomic E-state index is 6.19. The lowest BCUT2D eigenvalue weighted by Crippen LogP contribution is -2.07. The predicted molar refractivity (Wildman–Crippen MR) is 124 cm³/mol. The van der Waals surface area contributed by atoms with Gasteiger partial charge in [-0.1, -0.05) is 23.5 Å². The van der Waals surface area contributed by atoms with Gasteiger partial charge in [0.2, 0.25) is 0 Å². The average Bonchev–Trinajstić information content (AvgIpc) is 3.36. The minimum atomic E-state index is 0.415. The van der Waals surface area contributed by atoms with Crippen molar-refractivity contribution in [2.75, 3.05) is 24.2 Å². The number of halogens is 1. The zero-order valence-electron chi connectivity index (χ0n) is 16.4. The first-order valence-corrected chi connectivity index (χ1v) is 11.2. The molecule has 0 bridgehead atoms. The molecule has 30 heavy (non-hydrogen) atoms. The first kappa shape index (κ1) is 19.1. The third kappa shape index (κ3) is 3.14. The van der Waals surface area contributed by atoms with Crippen LogP contribution in [0.3, 0.4) is 0 Å². The molecule has 0 fully saturated rings. The summed E-state index contributed by atoms with van der Waals surface area (Å²) < 4.78 is 9.07. The van der Waals surface area contributed by atoms with Crippen molar-refractivity contribution in [3.05, 3.63) is 52.8 Å². The molecule has 0 spiro atoms. The minimum absolute atomic E-state index is 0.415. The lowest BCUT2D eigenvalue weighted by Gasteiger charge is -2.15. The van der Waals surface area contributed by atoms with Crippen LogP contribution in [0.4, 0.5) is 10.9 Å². The smallest absolute Gasteiger partial charge is 0.183 e. The molecule has 1 aliphatic heterocycles. The minimum Gasteiger partial charge on any atom is -0.483 e. The quantitative estimate of drug-likeness (QED) is 0.407. The van der Waals surface area contributed by atoms with E-state index in [-0.39, 0.29) is 0 Å². The summed E-state index contributed by atoms with van der Waals surface area (Å²) in [5, 5.41) is 12.2. The van der Waals surface area contributed by atoms with E-state index in [1.165, 1.54) is 0 Å². The van der Waals surface area contributed by atoms with Gasteiger partial charge in [-0.3, -0.25) is 0 Å². The van der Waals surface area contributed by atoms with E-state index in [2.05, 4.69) is 36.5 Å². The van der Waals surface area contributed by atoms with E-state index in [9.17, 15) is 0 Å². The fourth-order valence-electron chi connectivity index (χ4n) is 3.43. The van der Waals surface area contributed by atoms with Crippen molar-refractivity contribution in [1.82, 2.24) is 19.7 Å². The molecule has 0 aliphatic carbocycles. The maximum Gasteiger partial charge on any atom is 0.183 e. The number of thiazole rings is 1. The third-order valence-electron chi connectivity index (χ3n) is 4.80. The lowest BCUT2D eigenvalue weighted by atomic mass is 10.1. The highest BCUT2D eigenvalue weighted by atomic mass is 79.9. The van der Waals surface area contributed by atoms with Crippen LogP contribution in [-0.2, 0) is 6.61 Å². The van der Waals surface area contributed by atoms with Crippen LogP contribution >= 0.6 is 27.3 Å². The molecule has 152 valence electrons. The number of hydrogen-bond acceptors (Lipinski definition) is 7. The molecule has 0 amide bonds. The van der Waals surface area contributed by atoms with E-state index in [1.54, 1.807) is 11.3 Å². The molecule has 4 heterocycles. The topological polar surface area (TPSA) is 76.9 Å². The zero-order chi connectivity index (χ0) is 20.7. The number of rotatable bonds is 5. The Morgan fingerprint density at radius 2 is 2.10 bits per heavy atom. The number of aromatic nitrogens is 4. The van der Waals surface area contributed by atoms with E-state index >= 15 is 0 Å². The van der Waals surface area contributed by atoms with E-state index in [4.69, 9.17) is 9.84 Å². The summed E-state index contributed by atoms with van der Waals surface area (Å²) in [6.07, 6.45) is 1.83. The van der Waals surface area contributed by atoms with Crippen molar-refractivity contribution in [2.45, 2.75) is 13.5 Å². The molecule has 2 N–H and O–H groups in total. The molecule has 0 atom stereocenters. The Balaban J connectivity index is 1.73. The van der Waals surface area contributed by atoms with Crippen LogP contribution in [0.5, 0.6) is 5.75 Å². The maximum absolute atomic E-state index is 6.19. The van der Waals surface area contributed by atoms with Gasteiger partial charge < -0.3 is 15.4 Å². The fourth-order valence-corrected chi connectivity index (χ4v) is 4.83. The summed E-state index contributed by atoms with van der Waals surface area (Å²) in [4.78, 5) is 10.2. The van der Waals surface area contributed by atoms with Gasteiger partial charge in [-0.15, -0.1) is 0 Å². The number of ether oxygens (including phenoxy) is 1. The zero-order valence-corrected chi connectivity index (χ0v) is 18.8. The number of para-hydroxylation sites is 1. The number of hydrogen-bond donors (Lipinski definition) is 2. The van der Waals surface area contributed by atoms with Crippen molar-refractivity contribution < 1.29 is 4.74 Å². The fraction of sp³-hybridized carbons (Fsp3) is 0.190. The summed E-state index contributed by atoms with van der Waals surface area (Å²) >= 11 is 5.27. The monoisotopic (exact) mass is 482 g/mol. The molecule has 1 aliphatic rings. The molecule has 0 radical (unpaired) electrons. The van der Waals surface area contributed by atoms with E-state index in [1.807, 2.05) is 61.2 Å². The summed E-state index contributed by atoms with van der Waals surface area (Å²) in [6, 6.07) is 12.0. The SMILES string of the molecule is CCNc1ccc(-c2nn(-c3ccccc3Br)c3c2OCc2nc(NC)sc2-3)cn1. The number of pyridine rings is 1. The molecule has 4 aromatic rings. The average molecular weight is 483 g/mol. The van der Waals surface area contributed by atoms with Crippen LogP contribution in [0.15, 0.2) is 47.1 Å². The second-order valence-corrected chi connectivity index (χ2v) is 8.54. The van der Waals surface area contributed by atoms with E-state index in [0.717, 1.165) is 60.9 Å². The first-order valence-electron chi connectivity index (χ1n) is 9.58. The Morgan fingerprint density at radius 1 is 1.23 bits per heavy atom. The van der Waals surface area contributed by atoms with Crippen molar-refractivity contribution in [3.63, 3.8) is 0 Å². The normalized spacial score (nSPS) is 12.1. The Morgan fingerprint density at radius 3 is 2.83 bits per heavy atom. The first-order chi connectivity index (χ1) is 14.7.